The lowest BCUT2D eigenvalue weighted by atomic mass is 10.3. The van der Waals surface area contributed by atoms with Crippen molar-refractivity contribution in [2.24, 2.45) is 0 Å². The number of likely N-dealkylation sites (tertiary alicyclic amines) is 1. The molecule has 3 aromatic heterocycles. The molecule has 0 N–H and O–H groups in total. The molecule has 4 aromatic rings. The van der Waals surface area contributed by atoms with Crippen molar-refractivity contribution in [3.63, 3.8) is 0 Å². The molecule has 6 rings (SSSR count). The van der Waals surface area contributed by atoms with Crippen molar-refractivity contribution in [1.82, 2.24) is 28.6 Å². The van der Waals surface area contributed by atoms with E-state index in [0.29, 0.717) is 19.0 Å². The second-order valence-electron chi connectivity index (χ2n) is 8.84. The minimum atomic E-state index is 0.0109. The number of benzene rings is 1. The first-order valence-corrected chi connectivity index (χ1v) is 11.5. The number of hydrogen-bond donors (Lipinski definition) is 0. The molecule has 2 fully saturated rings. The van der Waals surface area contributed by atoms with Crippen LogP contribution in [0, 0.1) is 0 Å². The quantitative estimate of drug-likeness (QED) is 0.452. The number of carbonyl (C=O) groups excluding carboxylic acids is 1. The molecule has 8 heteroatoms. The topological polar surface area (TPSA) is 78.0 Å². The molecule has 0 bridgehead atoms. The van der Waals surface area contributed by atoms with E-state index in [0.717, 1.165) is 73.2 Å². The predicted octanol–water partition coefficient (Wildman–Crippen LogP) is 2.94. The van der Waals surface area contributed by atoms with Crippen molar-refractivity contribution < 1.29 is 4.79 Å². The Labute approximate surface area is 185 Å². The maximum Gasteiger partial charge on any atom is 0.329 e. The summed E-state index contributed by atoms with van der Waals surface area (Å²) in [7, 11) is 0. The number of aryl methyl sites for hydroxylation is 1. The molecule has 2 aliphatic rings. The number of pyridine rings is 1. The first-order chi connectivity index (χ1) is 15.7. The van der Waals surface area contributed by atoms with Crippen molar-refractivity contribution in [2.75, 3.05) is 13.1 Å². The van der Waals surface area contributed by atoms with E-state index in [2.05, 4.69) is 15.6 Å². The van der Waals surface area contributed by atoms with Crippen molar-refractivity contribution in [3.8, 4) is 0 Å². The lowest BCUT2D eigenvalue weighted by molar-refractivity contribution is -0.127. The van der Waals surface area contributed by atoms with Gasteiger partial charge < -0.3 is 9.47 Å². The van der Waals surface area contributed by atoms with E-state index in [9.17, 15) is 9.59 Å². The molecule has 0 radical (unpaired) electrons. The second-order valence-corrected chi connectivity index (χ2v) is 8.84. The number of rotatable bonds is 7. The third kappa shape index (κ3) is 3.21. The molecule has 1 aliphatic heterocycles. The van der Waals surface area contributed by atoms with E-state index in [1.807, 2.05) is 38.3 Å². The Morgan fingerprint density at radius 1 is 0.969 bits per heavy atom. The molecule has 1 aromatic carbocycles. The van der Waals surface area contributed by atoms with E-state index < -0.39 is 0 Å². The standard InChI is InChI=1S/C24H26N6O2/c31-23-7-3-12-27(23)13-4-14-28-19-6-2-1-5-18(19)26-22(28)16-29-21-15-25-11-10-20(21)30(24(29)32)17-8-9-17/h1-2,5-6,10-11,15,17H,3-4,7-9,12-14,16H2. The van der Waals surface area contributed by atoms with Crippen molar-refractivity contribution >= 4 is 28.0 Å². The number of nitrogens with zero attached hydrogens (tertiary/aromatic N) is 6. The number of carbonyl (C=O) groups is 1. The van der Waals surface area contributed by atoms with Crippen LogP contribution < -0.4 is 5.69 Å². The third-order valence-corrected chi connectivity index (χ3v) is 6.69. The number of imidazole rings is 2. The van der Waals surface area contributed by atoms with Gasteiger partial charge in [0.1, 0.15) is 5.82 Å². The van der Waals surface area contributed by atoms with Gasteiger partial charge in [-0.2, -0.15) is 0 Å². The SMILES string of the molecule is O=C1CCCN1CCCn1c(Cn2c(=O)n(C3CC3)c3ccncc32)nc2ccccc21. The average molecular weight is 431 g/mol. The number of amides is 1. The molecule has 8 nitrogen and oxygen atoms in total. The van der Waals surface area contributed by atoms with E-state index in [1.54, 1.807) is 12.4 Å². The fourth-order valence-electron chi connectivity index (χ4n) is 4.96. The van der Waals surface area contributed by atoms with Crippen molar-refractivity contribution in [1.29, 1.82) is 0 Å². The highest BCUT2D eigenvalue weighted by atomic mass is 16.2. The molecule has 1 saturated carbocycles. The molecule has 1 aliphatic carbocycles. The Hall–Kier alpha value is -3.42. The monoisotopic (exact) mass is 430 g/mol. The molecular formula is C24H26N6O2. The smallest absolute Gasteiger partial charge is 0.329 e. The largest absolute Gasteiger partial charge is 0.343 e. The number of fused-ring (bicyclic) bond motifs is 2. The zero-order valence-corrected chi connectivity index (χ0v) is 18.0. The molecule has 1 saturated heterocycles. The van der Waals surface area contributed by atoms with Crippen molar-refractivity contribution in [3.05, 3.63) is 59.0 Å². The number of hydrogen-bond acceptors (Lipinski definition) is 4. The van der Waals surface area contributed by atoms with Gasteiger partial charge in [0.2, 0.25) is 5.91 Å². The van der Waals surface area contributed by atoms with Crippen LogP contribution in [0.5, 0.6) is 0 Å². The van der Waals surface area contributed by atoms with Crippen LogP contribution in [0.4, 0.5) is 0 Å². The summed E-state index contributed by atoms with van der Waals surface area (Å²) < 4.78 is 5.93. The van der Waals surface area contributed by atoms with Gasteiger partial charge in [0.15, 0.2) is 0 Å². The molecule has 164 valence electrons. The van der Waals surface area contributed by atoms with Gasteiger partial charge in [0, 0.05) is 38.3 Å². The average Bonchev–Trinajstić information content (AvgIpc) is 3.37. The Morgan fingerprint density at radius 3 is 2.66 bits per heavy atom. The van der Waals surface area contributed by atoms with Gasteiger partial charge in [-0.25, -0.2) is 9.78 Å². The van der Waals surface area contributed by atoms with Gasteiger partial charge in [-0.1, -0.05) is 12.1 Å². The van der Waals surface area contributed by atoms with Crippen LogP contribution in [0.3, 0.4) is 0 Å². The highest BCUT2D eigenvalue weighted by Gasteiger charge is 2.29. The normalized spacial score (nSPS) is 16.6. The van der Waals surface area contributed by atoms with Crippen LogP contribution in [-0.2, 0) is 17.9 Å². The summed E-state index contributed by atoms with van der Waals surface area (Å²) in [4.78, 5) is 36.4. The first kappa shape index (κ1) is 19.3. The predicted molar refractivity (Wildman–Crippen MR) is 122 cm³/mol. The number of para-hydroxylation sites is 2. The third-order valence-electron chi connectivity index (χ3n) is 6.69. The van der Waals surface area contributed by atoms with Crippen LogP contribution in [0.15, 0.2) is 47.5 Å². The Bertz CT molecular complexity index is 1380. The fraction of sp³-hybridized carbons (Fsp3) is 0.417. The highest BCUT2D eigenvalue weighted by molar-refractivity contribution is 5.78. The van der Waals surface area contributed by atoms with Crippen LogP contribution in [-0.4, -0.2) is 47.6 Å². The van der Waals surface area contributed by atoms with Gasteiger partial charge in [-0.05, 0) is 43.9 Å². The minimum Gasteiger partial charge on any atom is -0.343 e. The van der Waals surface area contributed by atoms with Gasteiger partial charge >= 0.3 is 5.69 Å². The minimum absolute atomic E-state index is 0.0109. The van der Waals surface area contributed by atoms with Gasteiger partial charge in [-0.15, -0.1) is 0 Å². The second kappa shape index (κ2) is 7.62. The van der Waals surface area contributed by atoms with Crippen LogP contribution >= 0.6 is 0 Å². The zero-order valence-electron chi connectivity index (χ0n) is 18.0. The molecule has 4 heterocycles. The fourth-order valence-corrected chi connectivity index (χ4v) is 4.96. The van der Waals surface area contributed by atoms with E-state index in [-0.39, 0.29) is 11.6 Å². The molecule has 32 heavy (non-hydrogen) atoms. The van der Waals surface area contributed by atoms with Crippen LogP contribution in [0.1, 0.15) is 44.0 Å². The van der Waals surface area contributed by atoms with Crippen molar-refractivity contribution in [2.45, 2.75) is 51.2 Å². The van der Waals surface area contributed by atoms with Crippen LogP contribution in [0.25, 0.3) is 22.1 Å². The van der Waals surface area contributed by atoms with Gasteiger partial charge in [0.25, 0.3) is 0 Å². The summed E-state index contributed by atoms with van der Waals surface area (Å²) in [6.07, 6.45) is 8.12. The summed E-state index contributed by atoms with van der Waals surface area (Å²) in [6, 6.07) is 10.3. The molecule has 0 unspecified atom stereocenters. The molecule has 0 spiro atoms. The Morgan fingerprint density at radius 2 is 1.84 bits per heavy atom. The molecule has 0 atom stereocenters. The maximum absolute atomic E-state index is 13.3. The zero-order chi connectivity index (χ0) is 21.7. The lowest BCUT2D eigenvalue weighted by Crippen LogP contribution is -2.27. The Kier molecular flexibility index (Phi) is 4.59. The Balaban J connectivity index is 1.36. The summed E-state index contributed by atoms with van der Waals surface area (Å²) in [5, 5.41) is 0. The van der Waals surface area contributed by atoms with E-state index in [1.165, 1.54) is 0 Å². The molecular weight excluding hydrogens is 404 g/mol. The summed E-state index contributed by atoms with van der Waals surface area (Å²) in [6.45, 7) is 2.78. The number of aromatic nitrogens is 5. The highest BCUT2D eigenvalue weighted by Crippen LogP contribution is 2.36. The summed E-state index contributed by atoms with van der Waals surface area (Å²) in [5.41, 5.74) is 3.80. The maximum atomic E-state index is 13.3. The van der Waals surface area contributed by atoms with E-state index in [4.69, 9.17) is 4.98 Å². The summed E-state index contributed by atoms with van der Waals surface area (Å²) in [5.74, 6) is 1.12. The van der Waals surface area contributed by atoms with Gasteiger partial charge in [-0.3, -0.25) is 18.9 Å². The van der Waals surface area contributed by atoms with Gasteiger partial charge in [0.05, 0.1) is 34.8 Å². The summed E-state index contributed by atoms with van der Waals surface area (Å²) >= 11 is 0. The first-order valence-electron chi connectivity index (χ1n) is 11.5. The van der Waals surface area contributed by atoms with Crippen LogP contribution in [0.2, 0.25) is 0 Å². The lowest BCUT2D eigenvalue weighted by Gasteiger charge is -2.16. The molecule has 1 amide bonds. The van der Waals surface area contributed by atoms with E-state index >= 15 is 0 Å².